The van der Waals surface area contributed by atoms with Crippen LogP contribution in [0.1, 0.15) is 15.9 Å². The SMILES string of the molecule is NC(=O)c1cc(OCc2ccccc2)ccc1-c1ccccc1Cl. The minimum atomic E-state index is -0.518. The van der Waals surface area contributed by atoms with E-state index in [1.165, 1.54) is 0 Å². The lowest BCUT2D eigenvalue weighted by Crippen LogP contribution is -2.12. The number of carbonyl (C=O) groups excluding carboxylic acids is 1. The Balaban J connectivity index is 1.90. The van der Waals surface area contributed by atoms with Crippen LogP contribution in [-0.4, -0.2) is 5.91 Å². The van der Waals surface area contributed by atoms with E-state index < -0.39 is 5.91 Å². The normalized spacial score (nSPS) is 10.4. The first-order valence-corrected chi connectivity index (χ1v) is 7.88. The van der Waals surface area contributed by atoms with Gasteiger partial charge in [-0.25, -0.2) is 0 Å². The fourth-order valence-electron chi connectivity index (χ4n) is 2.47. The molecule has 2 N–H and O–H groups in total. The quantitative estimate of drug-likeness (QED) is 0.734. The van der Waals surface area contributed by atoms with Crippen molar-refractivity contribution in [2.75, 3.05) is 0 Å². The zero-order valence-electron chi connectivity index (χ0n) is 12.9. The van der Waals surface area contributed by atoms with Crippen LogP contribution in [0.25, 0.3) is 11.1 Å². The van der Waals surface area contributed by atoms with Crippen LogP contribution in [0.15, 0.2) is 72.8 Å². The van der Waals surface area contributed by atoms with Gasteiger partial charge in [0.15, 0.2) is 0 Å². The molecule has 0 radical (unpaired) electrons. The van der Waals surface area contributed by atoms with Gasteiger partial charge in [-0.05, 0) is 35.4 Å². The van der Waals surface area contributed by atoms with Gasteiger partial charge in [-0.3, -0.25) is 4.79 Å². The van der Waals surface area contributed by atoms with Crippen molar-refractivity contribution in [2.45, 2.75) is 6.61 Å². The van der Waals surface area contributed by atoms with Crippen LogP contribution in [-0.2, 0) is 6.61 Å². The van der Waals surface area contributed by atoms with Gasteiger partial charge in [0.2, 0.25) is 5.91 Å². The minimum absolute atomic E-state index is 0.383. The van der Waals surface area contributed by atoms with Crippen LogP contribution in [0.3, 0.4) is 0 Å². The molecule has 0 saturated heterocycles. The number of amides is 1. The van der Waals surface area contributed by atoms with Gasteiger partial charge in [-0.15, -0.1) is 0 Å². The van der Waals surface area contributed by atoms with E-state index in [0.717, 1.165) is 11.1 Å². The van der Waals surface area contributed by atoms with E-state index in [4.69, 9.17) is 22.1 Å². The highest BCUT2D eigenvalue weighted by Crippen LogP contribution is 2.32. The van der Waals surface area contributed by atoms with Gasteiger partial charge >= 0.3 is 0 Å². The van der Waals surface area contributed by atoms with Gasteiger partial charge in [0.25, 0.3) is 0 Å². The van der Waals surface area contributed by atoms with Crippen LogP contribution >= 0.6 is 11.6 Å². The molecule has 3 aromatic carbocycles. The predicted octanol–water partition coefficient (Wildman–Crippen LogP) is 4.68. The Hall–Kier alpha value is -2.78. The number of benzene rings is 3. The molecule has 0 aromatic heterocycles. The fourth-order valence-corrected chi connectivity index (χ4v) is 2.71. The van der Waals surface area contributed by atoms with E-state index in [1.807, 2.05) is 60.7 Å². The molecule has 4 heteroatoms. The summed E-state index contributed by atoms with van der Waals surface area (Å²) in [4.78, 5) is 11.9. The standard InChI is InChI=1S/C20H16ClNO2/c21-19-9-5-4-8-17(19)16-11-10-15(12-18(16)20(22)23)24-13-14-6-2-1-3-7-14/h1-12H,13H2,(H2,22,23). The third kappa shape index (κ3) is 3.58. The van der Waals surface area contributed by atoms with Crippen LogP contribution in [0.4, 0.5) is 0 Å². The molecular formula is C20H16ClNO2. The molecule has 0 saturated carbocycles. The monoisotopic (exact) mass is 337 g/mol. The Morgan fingerprint density at radius 1 is 0.917 bits per heavy atom. The first-order valence-electron chi connectivity index (χ1n) is 7.50. The maximum atomic E-state index is 11.9. The van der Waals surface area contributed by atoms with Gasteiger partial charge in [0.1, 0.15) is 12.4 Å². The summed E-state index contributed by atoms with van der Waals surface area (Å²) in [7, 11) is 0. The molecule has 0 spiro atoms. The molecule has 0 aliphatic heterocycles. The third-order valence-corrected chi connectivity index (χ3v) is 4.00. The molecule has 3 nitrogen and oxygen atoms in total. The minimum Gasteiger partial charge on any atom is -0.489 e. The molecule has 120 valence electrons. The number of ether oxygens (including phenoxy) is 1. The zero-order chi connectivity index (χ0) is 16.9. The lowest BCUT2D eigenvalue weighted by Gasteiger charge is -2.12. The highest BCUT2D eigenvalue weighted by Gasteiger charge is 2.14. The molecule has 0 unspecified atom stereocenters. The van der Waals surface area contributed by atoms with E-state index in [0.29, 0.717) is 28.5 Å². The summed E-state index contributed by atoms with van der Waals surface area (Å²) >= 11 is 6.23. The third-order valence-electron chi connectivity index (χ3n) is 3.67. The average Bonchev–Trinajstić information content (AvgIpc) is 2.61. The smallest absolute Gasteiger partial charge is 0.249 e. The summed E-state index contributed by atoms with van der Waals surface area (Å²) in [5.41, 5.74) is 8.43. The average molecular weight is 338 g/mol. The van der Waals surface area contributed by atoms with Crippen LogP contribution in [0, 0.1) is 0 Å². The second kappa shape index (κ2) is 7.20. The van der Waals surface area contributed by atoms with Crippen molar-refractivity contribution >= 4 is 17.5 Å². The molecule has 3 rings (SSSR count). The van der Waals surface area contributed by atoms with Crippen LogP contribution < -0.4 is 10.5 Å². The number of carbonyl (C=O) groups is 1. The van der Waals surface area contributed by atoms with Crippen molar-refractivity contribution in [3.05, 3.63) is 88.9 Å². The van der Waals surface area contributed by atoms with Gasteiger partial charge in [0, 0.05) is 10.6 Å². The predicted molar refractivity (Wildman–Crippen MR) is 96.2 cm³/mol. The van der Waals surface area contributed by atoms with Crippen molar-refractivity contribution in [3.63, 3.8) is 0 Å². The number of hydrogen-bond acceptors (Lipinski definition) is 2. The van der Waals surface area contributed by atoms with Crippen molar-refractivity contribution < 1.29 is 9.53 Å². The summed E-state index contributed by atoms with van der Waals surface area (Å²) in [5.74, 6) is 0.0681. The number of nitrogens with two attached hydrogens (primary N) is 1. The largest absolute Gasteiger partial charge is 0.489 e. The van der Waals surface area contributed by atoms with Crippen molar-refractivity contribution in [2.24, 2.45) is 5.73 Å². The van der Waals surface area contributed by atoms with E-state index in [1.54, 1.807) is 12.1 Å². The van der Waals surface area contributed by atoms with Crippen molar-refractivity contribution in [1.29, 1.82) is 0 Å². The molecule has 0 aliphatic carbocycles. The highest BCUT2D eigenvalue weighted by molar-refractivity contribution is 6.33. The first kappa shape index (κ1) is 16.1. The fraction of sp³-hybridized carbons (Fsp3) is 0.0500. The maximum Gasteiger partial charge on any atom is 0.249 e. The molecule has 3 aromatic rings. The summed E-state index contributed by atoms with van der Waals surface area (Å²) in [6.45, 7) is 0.421. The number of hydrogen-bond donors (Lipinski definition) is 1. The summed E-state index contributed by atoms with van der Waals surface area (Å²) in [6.07, 6.45) is 0. The Labute approximate surface area is 145 Å². The van der Waals surface area contributed by atoms with Gasteiger partial charge in [-0.2, -0.15) is 0 Å². The zero-order valence-corrected chi connectivity index (χ0v) is 13.7. The molecule has 0 heterocycles. The molecule has 0 bridgehead atoms. The van der Waals surface area contributed by atoms with Gasteiger partial charge in [0.05, 0.1) is 5.56 Å². The summed E-state index contributed by atoms with van der Waals surface area (Å²) in [5, 5.41) is 0.568. The lowest BCUT2D eigenvalue weighted by molar-refractivity contribution is 0.100. The van der Waals surface area contributed by atoms with E-state index in [2.05, 4.69) is 0 Å². The van der Waals surface area contributed by atoms with Gasteiger partial charge < -0.3 is 10.5 Å². The van der Waals surface area contributed by atoms with Crippen molar-refractivity contribution in [1.82, 2.24) is 0 Å². The Morgan fingerprint density at radius 2 is 1.62 bits per heavy atom. The number of rotatable bonds is 5. The summed E-state index contributed by atoms with van der Waals surface area (Å²) < 4.78 is 5.76. The Bertz CT molecular complexity index is 863. The van der Waals surface area contributed by atoms with E-state index >= 15 is 0 Å². The first-order chi connectivity index (χ1) is 11.6. The molecular weight excluding hydrogens is 322 g/mol. The van der Waals surface area contributed by atoms with Crippen molar-refractivity contribution in [3.8, 4) is 16.9 Å². The number of halogens is 1. The van der Waals surface area contributed by atoms with E-state index in [-0.39, 0.29) is 0 Å². The Morgan fingerprint density at radius 3 is 2.33 bits per heavy atom. The lowest BCUT2D eigenvalue weighted by atomic mass is 9.99. The highest BCUT2D eigenvalue weighted by atomic mass is 35.5. The van der Waals surface area contributed by atoms with Gasteiger partial charge in [-0.1, -0.05) is 60.1 Å². The van der Waals surface area contributed by atoms with Crippen LogP contribution in [0.2, 0.25) is 5.02 Å². The van der Waals surface area contributed by atoms with E-state index in [9.17, 15) is 4.79 Å². The molecule has 0 aliphatic rings. The van der Waals surface area contributed by atoms with Crippen LogP contribution in [0.5, 0.6) is 5.75 Å². The second-order valence-corrected chi connectivity index (χ2v) is 5.73. The maximum absolute atomic E-state index is 11.9. The topological polar surface area (TPSA) is 52.3 Å². The second-order valence-electron chi connectivity index (χ2n) is 5.33. The molecule has 1 amide bonds. The number of primary amides is 1. The molecule has 24 heavy (non-hydrogen) atoms. The summed E-state index contributed by atoms with van der Waals surface area (Å²) in [6, 6.07) is 22.4. The molecule has 0 atom stereocenters. The molecule has 0 fully saturated rings. The Kier molecular flexibility index (Phi) is 4.82.